The molecule has 2 rings (SSSR count). The summed E-state index contributed by atoms with van der Waals surface area (Å²) in [6.07, 6.45) is 4.53. The smallest absolute Gasteiger partial charge is 0.191 e. The van der Waals surface area contributed by atoms with E-state index in [0.29, 0.717) is 19.8 Å². The van der Waals surface area contributed by atoms with E-state index in [9.17, 15) is 0 Å². The van der Waals surface area contributed by atoms with Crippen molar-refractivity contribution in [1.82, 2.24) is 10.6 Å². The third-order valence-corrected chi connectivity index (χ3v) is 4.45. The average molecular weight is 505 g/mol. The second kappa shape index (κ2) is 14.9. The largest absolute Gasteiger partial charge is 0.493 e. The molecule has 0 atom stereocenters. The van der Waals surface area contributed by atoms with E-state index >= 15 is 0 Å². The SMILES string of the molecule is CN=C(NCCCOCC1CC1)NCc1ccc(C)cc1OCCCOC.I. The Kier molecular flexibility index (Phi) is 13.3. The van der Waals surface area contributed by atoms with Crippen LogP contribution in [0.25, 0.3) is 0 Å². The molecular formula is C21H36IN3O3. The number of rotatable bonds is 13. The van der Waals surface area contributed by atoms with Gasteiger partial charge in [0.05, 0.1) is 6.61 Å². The van der Waals surface area contributed by atoms with E-state index in [1.807, 2.05) is 0 Å². The van der Waals surface area contributed by atoms with Gasteiger partial charge in [0.25, 0.3) is 0 Å². The molecule has 1 fully saturated rings. The van der Waals surface area contributed by atoms with Crippen molar-refractivity contribution >= 4 is 29.9 Å². The van der Waals surface area contributed by atoms with Crippen LogP contribution in [0.2, 0.25) is 0 Å². The third kappa shape index (κ3) is 10.5. The maximum atomic E-state index is 5.94. The molecule has 1 saturated carbocycles. The van der Waals surface area contributed by atoms with Gasteiger partial charge < -0.3 is 24.8 Å². The van der Waals surface area contributed by atoms with Crippen molar-refractivity contribution in [2.45, 2.75) is 39.2 Å². The van der Waals surface area contributed by atoms with Crippen LogP contribution >= 0.6 is 24.0 Å². The van der Waals surface area contributed by atoms with Gasteiger partial charge >= 0.3 is 0 Å². The molecule has 0 spiro atoms. The third-order valence-electron chi connectivity index (χ3n) is 4.45. The summed E-state index contributed by atoms with van der Waals surface area (Å²) >= 11 is 0. The number of aryl methyl sites for hydroxylation is 1. The molecule has 0 aromatic heterocycles. The molecular weight excluding hydrogens is 469 g/mol. The molecule has 6 nitrogen and oxygen atoms in total. The molecule has 0 heterocycles. The first-order chi connectivity index (χ1) is 13.2. The van der Waals surface area contributed by atoms with Crippen LogP contribution in [0.1, 0.15) is 36.8 Å². The summed E-state index contributed by atoms with van der Waals surface area (Å²) in [5.74, 6) is 2.54. The Morgan fingerprint density at radius 1 is 1.14 bits per heavy atom. The molecule has 0 aliphatic heterocycles. The minimum Gasteiger partial charge on any atom is -0.493 e. The molecule has 0 amide bonds. The fourth-order valence-corrected chi connectivity index (χ4v) is 2.64. The maximum absolute atomic E-state index is 5.94. The molecule has 1 aliphatic rings. The van der Waals surface area contributed by atoms with Crippen molar-refractivity contribution in [2.24, 2.45) is 10.9 Å². The lowest BCUT2D eigenvalue weighted by atomic mass is 10.1. The van der Waals surface area contributed by atoms with Crippen LogP contribution in [-0.4, -0.2) is 53.1 Å². The molecule has 1 aliphatic carbocycles. The summed E-state index contributed by atoms with van der Waals surface area (Å²) in [4.78, 5) is 4.29. The Morgan fingerprint density at radius 2 is 1.96 bits per heavy atom. The van der Waals surface area contributed by atoms with Crippen LogP contribution in [0.15, 0.2) is 23.2 Å². The van der Waals surface area contributed by atoms with E-state index in [1.165, 1.54) is 18.4 Å². The van der Waals surface area contributed by atoms with Gasteiger partial charge in [-0.2, -0.15) is 0 Å². The molecule has 7 heteroatoms. The van der Waals surface area contributed by atoms with Crippen molar-refractivity contribution in [3.63, 3.8) is 0 Å². The van der Waals surface area contributed by atoms with E-state index in [-0.39, 0.29) is 24.0 Å². The Balaban J connectivity index is 0.00000392. The Labute approximate surface area is 186 Å². The standard InChI is InChI=1S/C21H35N3O3.HI/c1-17-6-9-19(20(14-17)27-13-5-11-25-3)15-24-21(22-2)23-10-4-12-26-16-18-7-8-18;/h6,9,14,18H,4-5,7-8,10-13,15-16H2,1-3H3,(H2,22,23,24);1H. The van der Waals surface area contributed by atoms with E-state index in [4.69, 9.17) is 14.2 Å². The fraction of sp³-hybridized carbons (Fsp3) is 0.667. The molecule has 0 radical (unpaired) electrons. The van der Waals surface area contributed by atoms with Crippen LogP contribution in [0.3, 0.4) is 0 Å². The topological polar surface area (TPSA) is 64.1 Å². The Hall–Kier alpha value is -1.06. The number of hydrogen-bond donors (Lipinski definition) is 2. The zero-order chi connectivity index (χ0) is 19.3. The quantitative estimate of drug-likeness (QED) is 0.186. The van der Waals surface area contributed by atoms with Gasteiger partial charge in [0.2, 0.25) is 0 Å². The maximum Gasteiger partial charge on any atom is 0.191 e. The predicted octanol–water partition coefficient (Wildman–Crippen LogP) is 3.51. The first-order valence-corrected chi connectivity index (χ1v) is 9.96. The number of hydrogen-bond acceptors (Lipinski definition) is 4. The molecule has 2 N–H and O–H groups in total. The molecule has 28 heavy (non-hydrogen) atoms. The second-order valence-corrected chi connectivity index (χ2v) is 7.03. The van der Waals surface area contributed by atoms with Crippen LogP contribution < -0.4 is 15.4 Å². The molecule has 0 unspecified atom stereocenters. The second-order valence-electron chi connectivity index (χ2n) is 7.03. The van der Waals surface area contributed by atoms with Crippen molar-refractivity contribution in [3.8, 4) is 5.75 Å². The minimum atomic E-state index is 0. The number of aliphatic imine (C=N–C) groups is 1. The number of nitrogens with one attached hydrogen (secondary N) is 2. The normalized spacial score (nSPS) is 13.8. The average Bonchev–Trinajstić information content (AvgIpc) is 3.49. The highest BCUT2D eigenvalue weighted by Crippen LogP contribution is 2.28. The van der Waals surface area contributed by atoms with Gasteiger partial charge in [0, 0.05) is 59.1 Å². The molecule has 160 valence electrons. The fourth-order valence-electron chi connectivity index (χ4n) is 2.64. The molecule has 1 aromatic carbocycles. The Bertz CT molecular complexity index is 580. The summed E-state index contributed by atoms with van der Waals surface area (Å²) in [5, 5.41) is 6.70. The van der Waals surface area contributed by atoms with Crippen molar-refractivity contribution in [1.29, 1.82) is 0 Å². The number of guanidine groups is 1. The van der Waals surface area contributed by atoms with Gasteiger partial charge in [-0.1, -0.05) is 12.1 Å². The van der Waals surface area contributed by atoms with Gasteiger partial charge in [-0.05, 0) is 43.7 Å². The first-order valence-electron chi connectivity index (χ1n) is 9.96. The number of halogens is 1. The van der Waals surface area contributed by atoms with Crippen molar-refractivity contribution in [3.05, 3.63) is 29.3 Å². The summed E-state index contributed by atoms with van der Waals surface area (Å²) in [6, 6.07) is 6.29. The van der Waals surface area contributed by atoms with Crippen LogP contribution in [-0.2, 0) is 16.0 Å². The lowest BCUT2D eigenvalue weighted by Gasteiger charge is -2.15. The predicted molar refractivity (Wildman–Crippen MR) is 125 cm³/mol. The number of ether oxygens (including phenoxy) is 3. The van der Waals surface area contributed by atoms with E-state index in [1.54, 1.807) is 14.2 Å². The molecule has 0 bridgehead atoms. The minimum absolute atomic E-state index is 0. The lowest BCUT2D eigenvalue weighted by molar-refractivity contribution is 0.123. The van der Waals surface area contributed by atoms with E-state index < -0.39 is 0 Å². The summed E-state index contributed by atoms with van der Waals surface area (Å²) in [6.45, 7) is 6.67. The first kappa shape index (κ1) is 25.0. The van der Waals surface area contributed by atoms with Gasteiger partial charge in [-0.15, -0.1) is 24.0 Å². The monoisotopic (exact) mass is 505 g/mol. The Morgan fingerprint density at radius 3 is 2.68 bits per heavy atom. The number of nitrogens with zero attached hydrogens (tertiary/aromatic N) is 1. The van der Waals surface area contributed by atoms with Crippen molar-refractivity contribution in [2.75, 3.05) is 47.1 Å². The van der Waals surface area contributed by atoms with E-state index in [2.05, 4.69) is 40.7 Å². The van der Waals surface area contributed by atoms with Crippen LogP contribution in [0, 0.1) is 12.8 Å². The van der Waals surface area contributed by atoms with Gasteiger partial charge in [0.1, 0.15) is 5.75 Å². The van der Waals surface area contributed by atoms with Gasteiger partial charge in [-0.25, -0.2) is 0 Å². The van der Waals surface area contributed by atoms with E-state index in [0.717, 1.165) is 55.8 Å². The summed E-state index contributed by atoms with van der Waals surface area (Å²) in [5.41, 5.74) is 2.31. The molecule has 0 saturated heterocycles. The zero-order valence-electron chi connectivity index (χ0n) is 17.5. The van der Waals surface area contributed by atoms with Crippen LogP contribution in [0.5, 0.6) is 5.75 Å². The number of methoxy groups -OCH3 is 1. The highest BCUT2D eigenvalue weighted by Gasteiger charge is 2.20. The molecule has 1 aromatic rings. The van der Waals surface area contributed by atoms with Gasteiger partial charge in [0.15, 0.2) is 5.96 Å². The van der Waals surface area contributed by atoms with Crippen LogP contribution in [0.4, 0.5) is 0 Å². The lowest BCUT2D eigenvalue weighted by Crippen LogP contribution is -2.37. The highest BCUT2D eigenvalue weighted by atomic mass is 127. The summed E-state index contributed by atoms with van der Waals surface area (Å²) in [7, 11) is 3.50. The van der Waals surface area contributed by atoms with Crippen molar-refractivity contribution < 1.29 is 14.2 Å². The number of benzene rings is 1. The van der Waals surface area contributed by atoms with Gasteiger partial charge in [-0.3, -0.25) is 4.99 Å². The summed E-state index contributed by atoms with van der Waals surface area (Å²) < 4.78 is 16.7. The highest BCUT2D eigenvalue weighted by molar-refractivity contribution is 14.0. The zero-order valence-corrected chi connectivity index (χ0v) is 19.8.